The SMILES string of the molecule is CCCCCCCCO[C@H](CC[C@H](O)CO)Cc1ccccc1. The Labute approximate surface area is 141 Å². The fourth-order valence-corrected chi connectivity index (χ4v) is 2.72. The van der Waals surface area contributed by atoms with Crippen molar-refractivity contribution in [3.05, 3.63) is 35.9 Å². The van der Waals surface area contributed by atoms with E-state index < -0.39 is 6.10 Å². The summed E-state index contributed by atoms with van der Waals surface area (Å²) in [5.74, 6) is 0. The van der Waals surface area contributed by atoms with Crippen LogP contribution in [0.5, 0.6) is 0 Å². The van der Waals surface area contributed by atoms with Crippen molar-refractivity contribution in [2.75, 3.05) is 13.2 Å². The van der Waals surface area contributed by atoms with Crippen molar-refractivity contribution in [1.29, 1.82) is 0 Å². The molecule has 1 rings (SSSR count). The van der Waals surface area contributed by atoms with Gasteiger partial charge in [-0.25, -0.2) is 0 Å². The second kappa shape index (κ2) is 13.5. The third-order valence-corrected chi connectivity index (χ3v) is 4.19. The molecule has 0 amide bonds. The van der Waals surface area contributed by atoms with Gasteiger partial charge in [-0.15, -0.1) is 0 Å². The summed E-state index contributed by atoms with van der Waals surface area (Å²) >= 11 is 0. The minimum atomic E-state index is -0.633. The van der Waals surface area contributed by atoms with E-state index in [1.165, 1.54) is 37.7 Å². The molecule has 0 radical (unpaired) electrons. The van der Waals surface area contributed by atoms with E-state index in [-0.39, 0.29) is 12.7 Å². The second-order valence-electron chi connectivity index (χ2n) is 6.36. The number of rotatable bonds is 14. The summed E-state index contributed by atoms with van der Waals surface area (Å²) < 4.78 is 6.05. The summed E-state index contributed by atoms with van der Waals surface area (Å²) in [7, 11) is 0. The van der Waals surface area contributed by atoms with E-state index in [1.807, 2.05) is 18.2 Å². The summed E-state index contributed by atoms with van der Waals surface area (Å²) in [5.41, 5.74) is 1.26. The van der Waals surface area contributed by atoms with Crippen LogP contribution in [0.25, 0.3) is 0 Å². The van der Waals surface area contributed by atoms with Gasteiger partial charge in [0.05, 0.1) is 18.8 Å². The van der Waals surface area contributed by atoms with Crippen molar-refractivity contribution >= 4 is 0 Å². The van der Waals surface area contributed by atoms with Crippen LogP contribution in [-0.2, 0) is 11.2 Å². The van der Waals surface area contributed by atoms with Gasteiger partial charge in [-0.3, -0.25) is 0 Å². The van der Waals surface area contributed by atoms with Crippen molar-refractivity contribution in [3.8, 4) is 0 Å². The number of ether oxygens (including phenoxy) is 1. The average molecular weight is 322 g/mol. The van der Waals surface area contributed by atoms with Crippen molar-refractivity contribution in [3.63, 3.8) is 0 Å². The van der Waals surface area contributed by atoms with Crippen molar-refractivity contribution < 1.29 is 14.9 Å². The molecular weight excluding hydrogens is 288 g/mol. The smallest absolute Gasteiger partial charge is 0.0771 e. The van der Waals surface area contributed by atoms with E-state index in [9.17, 15) is 5.11 Å². The molecule has 0 spiro atoms. The van der Waals surface area contributed by atoms with Crippen LogP contribution >= 0.6 is 0 Å². The Balaban J connectivity index is 2.29. The van der Waals surface area contributed by atoms with Crippen LogP contribution in [0.2, 0.25) is 0 Å². The summed E-state index contributed by atoms with van der Waals surface area (Å²) in [6, 6.07) is 10.3. The molecule has 0 aliphatic heterocycles. The molecule has 0 fully saturated rings. The number of unbranched alkanes of at least 4 members (excludes halogenated alkanes) is 5. The minimum Gasteiger partial charge on any atom is -0.394 e. The van der Waals surface area contributed by atoms with Gasteiger partial charge in [0, 0.05) is 6.61 Å². The van der Waals surface area contributed by atoms with Gasteiger partial charge in [-0.1, -0.05) is 69.4 Å². The lowest BCUT2D eigenvalue weighted by Crippen LogP contribution is -2.21. The Morgan fingerprint density at radius 1 is 0.957 bits per heavy atom. The Kier molecular flexibility index (Phi) is 11.9. The molecule has 23 heavy (non-hydrogen) atoms. The lowest BCUT2D eigenvalue weighted by atomic mass is 10.0. The van der Waals surface area contributed by atoms with Crippen LogP contribution in [0, 0.1) is 0 Å². The van der Waals surface area contributed by atoms with Gasteiger partial charge >= 0.3 is 0 Å². The van der Waals surface area contributed by atoms with Crippen molar-refractivity contribution in [1.82, 2.24) is 0 Å². The van der Waals surface area contributed by atoms with Crippen LogP contribution in [0.3, 0.4) is 0 Å². The van der Waals surface area contributed by atoms with Crippen molar-refractivity contribution in [2.24, 2.45) is 0 Å². The predicted molar refractivity (Wildman–Crippen MR) is 95.6 cm³/mol. The van der Waals surface area contributed by atoms with Gasteiger partial charge in [0.2, 0.25) is 0 Å². The zero-order valence-electron chi connectivity index (χ0n) is 14.6. The molecular formula is C20H34O3. The van der Waals surface area contributed by atoms with Gasteiger partial charge in [0.1, 0.15) is 0 Å². The molecule has 3 nitrogen and oxygen atoms in total. The molecule has 3 heteroatoms. The highest BCUT2D eigenvalue weighted by atomic mass is 16.5. The van der Waals surface area contributed by atoms with Crippen LogP contribution < -0.4 is 0 Å². The Morgan fingerprint density at radius 3 is 2.35 bits per heavy atom. The number of aliphatic hydroxyl groups is 2. The van der Waals surface area contributed by atoms with Crippen LogP contribution in [-0.4, -0.2) is 35.6 Å². The molecule has 0 heterocycles. The number of hydrogen-bond donors (Lipinski definition) is 2. The zero-order valence-corrected chi connectivity index (χ0v) is 14.6. The maximum Gasteiger partial charge on any atom is 0.0771 e. The van der Waals surface area contributed by atoms with Crippen LogP contribution in [0.15, 0.2) is 30.3 Å². The number of benzene rings is 1. The van der Waals surface area contributed by atoms with E-state index in [1.54, 1.807) is 0 Å². The van der Waals surface area contributed by atoms with Gasteiger partial charge in [-0.2, -0.15) is 0 Å². The lowest BCUT2D eigenvalue weighted by Gasteiger charge is -2.19. The summed E-state index contributed by atoms with van der Waals surface area (Å²) in [6.45, 7) is 2.85. The highest BCUT2D eigenvalue weighted by Crippen LogP contribution is 2.14. The average Bonchev–Trinajstić information content (AvgIpc) is 2.59. The molecule has 0 aromatic heterocycles. The minimum absolute atomic E-state index is 0.120. The molecule has 0 bridgehead atoms. The first-order chi connectivity index (χ1) is 11.3. The monoisotopic (exact) mass is 322 g/mol. The summed E-state index contributed by atoms with van der Waals surface area (Å²) in [4.78, 5) is 0. The van der Waals surface area contributed by atoms with Gasteiger partial charge in [0.15, 0.2) is 0 Å². The van der Waals surface area contributed by atoms with Gasteiger partial charge in [-0.05, 0) is 31.2 Å². The molecule has 0 saturated carbocycles. The third kappa shape index (κ3) is 10.5. The molecule has 132 valence electrons. The van der Waals surface area contributed by atoms with Crippen LogP contribution in [0.1, 0.15) is 63.9 Å². The molecule has 1 aromatic carbocycles. The molecule has 2 atom stereocenters. The van der Waals surface area contributed by atoms with Crippen LogP contribution in [0.4, 0.5) is 0 Å². The first kappa shape index (κ1) is 20.1. The quantitative estimate of drug-likeness (QED) is 0.507. The first-order valence-corrected chi connectivity index (χ1v) is 9.20. The summed E-state index contributed by atoms with van der Waals surface area (Å²) in [5, 5.41) is 18.5. The highest BCUT2D eigenvalue weighted by Gasteiger charge is 2.13. The maximum atomic E-state index is 9.56. The topological polar surface area (TPSA) is 49.7 Å². The van der Waals surface area contributed by atoms with E-state index in [4.69, 9.17) is 9.84 Å². The van der Waals surface area contributed by atoms with E-state index in [0.717, 1.165) is 25.9 Å². The molecule has 0 unspecified atom stereocenters. The van der Waals surface area contributed by atoms with E-state index >= 15 is 0 Å². The highest BCUT2D eigenvalue weighted by molar-refractivity contribution is 5.15. The standard InChI is InChI=1S/C20H34O3/c1-2-3-4-5-6-10-15-23-20(14-13-19(22)17-21)16-18-11-8-7-9-12-18/h7-9,11-12,19-22H,2-6,10,13-17H2,1H3/t19-,20+/m0/s1. The maximum absolute atomic E-state index is 9.56. The lowest BCUT2D eigenvalue weighted by molar-refractivity contribution is 0.0239. The first-order valence-electron chi connectivity index (χ1n) is 9.20. The normalized spacial score (nSPS) is 13.9. The number of aliphatic hydroxyl groups excluding tert-OH is 2. The molecule has 1 aromatic rings. The third-order valence-electron chi connectivity index (χ3n) is 4.19. The van der Waals surface area contributed by atoms with E-state index in [0.29, 0.717) is 6.42 Å². The fraction of sp³-hybridized carbons (Fsp3) is 0.700. The largest absolute Gasteiger partial charge is 0.394 e. The second-order valence-corrected chi connectivity index (χ2v) is 6.36. The van der Waals surface area contributed by atoms with Gasteiger partial charge in [0.25, 0.3) is 0 Å². The molecule has 0 aliphatic carbocycles. The predicted octanol–water partition coefficient (Wildman–Crippen LogP) is 4.11. The Bertz CT molecular complexity index is 366. The molecule has 2 N–H and O–H groups in total. The van der Waals surface area contributed by atoms with Crippen molar-refractivity contribution in [2.45, 2.75) is 76.9 Å². The van der Waals surface area contributed by atoms with E-state index in [2.05, 4.69) is 19.1 Å². The van der Waals surface area contributed by atoms with Gasteiger partial charge < -0.3 is 14.9 Å². The Hall–Kier alpha value is -0.900. The zero-order chi connectivity index (χ0) is 16.8. The molecule has 0 saturated heterocycles. The summed E-state index contributed by atoms with van der Waals surface area (Å²) in [6.07, 6.45) is 9.30. The molecule has 0 aliphatic rings. The Morgan fingerprint density at radius 2 is 1.65 bits per heavy atom. The fourth-order valence-electron chi connectivity index (χ4n) is 2.72. The number of hydrogen-bond acceptors (Lipinski definition) is 3.